The fourth-order valence-electron chi connectivity index (χ4n) is 3.09. The first-order valence-corrected chi connectivity index (χ1v) is 7.75. The van der Waals surface area contributed by atoms with Gasteiger partial charge in [-0.3, -0.25) is 0 Å². The Hall–Kier alpha value is -1.33. The third kappa shape index (κ3) is 1.97. The van der Waals surface area contributed by atoms with E-state index in [0.717, 1.165) is 44.1 Å². The summed E-state index contributed by atoms with van der Waals surface area (Å²) in [5, 5.41) is 10.4. The number of aromatic nitrogens is 2. The number of hydrogen-bond donors (Lipinski definition) is 1. The van der Waals surface area contributed by atoms with Crippen molar-refractivity contribution in [3.8, 4) is 10.6 Å². The number of hydrogen-bond acceptors (Lipinski definition) is 4. The van der Waals surface area contributed by atoms with E-state index in [1.165, 1.54) is 4.88 Å². The molecule has 0 radical (unpaired) electrons. The number of nitrogens with zero attached hydrogens (tertiary/aromatic N) is 2. The fourth-order valence-corrected chi connectivity index (χ4v) is 3.77. The summed E-state index contributed by atoms with van der Waals surface area (Å²) in [6, 6.07) is 6.88. The molecule has 5 heteroatoms. The molecule has 0 spiro atoms. The lowest BCUT2D eigenvalue weighted by Crippen LogP contribution is -2.29. The number of rotatable bonds is 2. The molecule has 2 aliphatic rings. The zero-order chi connectivity index (χ0) is 12.7. The van der Waals surface area contributed by atoms with Crippen molar-refractivity contribution in [3.63, 3.8) is 0 Å². The van der Waals surface area contributed by atoms with Crippen molar-refractivity contribution < 1.29 is 4.74 Å². The van der Waals surface area contributed by atoms with Gasteiger partial charge in [0.05, 0.1) is 17.5 Å². The number of anilines is 1. The molecule has 1 saturated heterocycles. The highest BCUT2D eigenvalue weighted by atomic mass is 32.1. The average molecular weight is 275 g/mol. The third-order valence-corrected chi connectivity index (χ3v) is 4.97. The van der Waals surface area contributed by atoms with Gasteiger partial charge in [0, 0.05) is 25.1 Å². The SMILES string of the molecule is c1csc(-c2cc3n(n2)C(C2CCOC2)CCN3)c1. The van der Waals surface area contributed by atoms with E-state index in [1.807, 2.05) is 0 Å². The van der Waals surface area contributed by atoms with Crippen LogP contribution in [0.15, 0.2) is 23.6 Å². The average Bonchev–Trinajstić information content (AvgIpc) is 3.18. The van der Waals surface area contributed by atoms with E-state index in [0.29, 0.717) is 12.0 Å². The van der Waals surface area contributed by atoms with E-state index in [4.69, 9.17) is 9.84 Å². The molecule has 1 fully saturated rings. The first kappa shape index (κ1) is 11.5. The Morgan fingerprint density at radius 3 is 3.21 bits per heavy atom. The third-order valence-electron chi connectivity index (χ3n) is 4.08. The highest BCUT2D eigenvalue weighted by Gasteiger charge is 2.31. The molecule has 4 nitrogen and oxygen atoms in total. The van der Waals surface area contributed by atoms with Crippen LogP contribution in [0, 0.1) is 5.92 Å². The molecular formula is C14H17N3OS. The van der Waals surface area contributed by atoms with Crippen molar-refractivity contribution in [2.24, 2.45) is 5.92 Å². The van der Waals surface area contributed by atoms with Crippen LogP contribution in [-0.2, 0) is 4.74 Å². The van der Waals surface area contributed by atoms with Crippen molar-refractivity contribution >= 4 is 17.2 Å². The summed E-state index contributed by atoms with van der Waals surface area (Å²) in [6.45, 7) is 2.83. The van der Waals surface area contributed by atoms with Gasteiger partial charge in [-0.1, -0.05) is 6.07 Å². The van der Waals surface area contributed by atoms with Crippen molar-refractivity contribution in [1.82, 2.24) is 9.78 Å². The topological polar surface area (TPSA) is 39.1 Å². The zero-order valence-electron chi connectivity index (χ0n) is 10.7. The Balaban J connectivity index is 1.70. The Morgan fingerprint density at radius 2 is 2.42 bits per heavy atom. The van der Waals surface area contributed by atoms with Crippen molar-refractivity contribution in [3.05, 3.63) is 23.6 Å². The lowest BCUT2D eigenvalue weighted by molar-refractivity contribution is 0.167. The minimum Gasteiger partial charge on any atom is -0.381 e. The molecule has 0 aliphatic carbocycles. The van der Waals surface area contributed by atoms with Crippen molar-refractivity contribution in [1.29, 1.82) is 0 Å². The minimum atomic E-state index is 0.493. The molecule has 1 N–H and O–H groups in total. The van der Waals surface area contributed by atoms with E-state index in [2.05, 4.69) is 33.6 Å². The van der Waals surface area contributed by atoms with Crippen LogP contribution in [0.5, 0.6) is 0 Å². The first-order chi connectivity index (χ1) is 9.42. The molecular weight excluding hydrogens is 258 g/mol. The summed E-state index contributed by atoms with van der Waals surface area (Å²) >= 11 is 1.74. The van der Waals surface area contributed by atoms with Gasteiger partial charge in [-0.25, -0.2) is 4.68 Å². The number of fused-ring (bicyclic) bond motifs is 1. The molecule has 100 valence electrons. The van der Waals surface area contributed by atoms with Gasteiger partial charge in [0.15, 0.2) is 0 Å². The smallest absolute Gasteiger partial charge is 0.125 e. The highest BCUT2D eigenvalue weighted by molar-refractivity contribution is 7.13. The van der Waals surface area contributed by atoms with E-state index in [9.17, 15) is 0 Å². The van der Waals surface area contributed by atoms with Gasteiger partial charge in [-0.05, 0) is 24.3 Å². The summed E-state index contributed by atoms with van der Waals surface area (Å²) in [5.74, 6) is 1.78. The zero-order valence-corrected chi connectivity index (χ0v) is 11.5. The molecule has 4 heterocycles. The van der Waals surface area contributed by atoms with Gasteiger partial charge in [0.1, 0.15) is 11.5 Å². The van der Waals surface area contributed by atoms with Crippen molar-refractivity contribution in [2.45, 2.75) is 18.9 Å². The van der Waals surface area contributed by atoms with Crippen LogP contribution in [0.4, 0.5) is 5.82 Å². The van der Waals surface area contributed by atoms with Gasteiger partial charge in [-0.15, -0.1) is 11.3 Å². The Bertz CT molecular complexity index is 557. The molecule has 2 aromatic heterocycles. The normalized spacial score (nSPS) is 26.1. The molecule has 2 unspecified atom stereocenters. The summed E-state index contributed by atoms with van der Waals surface area (Å²) in [4.78, 5) is 1.24. The van der Waals surface area contributed by atoms with Gasteiger partial charge < -0.3 is 10.1 Å². The van der Waals surface area contributed by atoms with Crippen LogP contribution in [0.25, 0.3) is 10.6 Å². The van der Waals surface area contributed by atoms with Crippen molar-refractivity contribution in [2.75, 3.05) is 25.1 Å². The maximum absolute atomic E-state index is 5.54. The van der Waals surface area contributed by atoms with Gasteiger partial charge >= 0.3 is 0 Å². The lowest BCUT2D eigenvalue weighted by Gasteiger charge is -2.29. The summed E-state index contributed by atoms with van der Waals surface area (Å²) in [7, 11) is 0. The predicted octanol–water partition coefficient (Wildman–Crippen LogP) is 3.00. The largest absolute Gasteiger partial charge is 0.381 e. The Morgan fingerprint density at radius 1 is 1.42 bits per heavy atom. The minimum absolute atomic E-state index is 0.493. The molecule has 0 amide bonds. The predicted molar refractivity (Wildman–Crippen MR) is 76.6 cm³/mol. The van der Waals surface area contributed by atoms with Gasteiger partial charge in [0.2, 0.25) is 0 Å². The number of thiophene rings is 1. The first-order valence-electron chi connectivity index (χ1n) is 6.87. The standard InChI is InChI=1S/C14H17N3OS/c1-2-13(19-7-1)11-8-14-15-5-3-12(17(14)16-11)10-4-6-18-9-10/h1-2,7-8,10,12,15H,3-6,9H2. The monoisotopic (exact) mass is 275 g/mol. The maximum atomic E-state index is 5.54. The molecule has 2 aromatic rings. The molecule has 19 heavy (non-hydrogen) atoms. The van der Waals surface area contributed by atoms with Crippen LogP contribution in [0.3, 0.4) is 0 Å². The number of ether oxygens (including phenoxy) is 1. The van der Waals surface area contributed by atoms with Crippen LogP contribution >= 0.6 is 11.3 Å². The highest BCUT2D eigenvalue weighted by Crippen LogP contribution is 2.36. The Labute approximate surface area is 116 Å². The van der Waals surface area contributed by atoms with Gasteiger partial charge in [-0.2, -0.15) is 5.10 Å². The summed E-state index contributed by atoms with van der Waals surface area (Å²) in [5.41, 5.74) is 1.09. The second-order valence-corrected chi connectivity index (χ2v) is 6.19. The lowest BCUT2D eigenvalue weighted by atomic mass is 9.95. The summed E-state index contributed by atoms with van der Waals surface area (Å²) in [6.07, 6.45) is 2.31. The quantitative estimate of drug-likeness (QED) is 0.915. The Kier molecular flexibility index (Phi) is 2.81. The van der Waals surface area contributed by atoms with E-state index in [1.54, 1.807) is 11.3 Å². The molecule has 0 aromatic carbocycles. The van der Waals surface area contributed by atoms with Gasteiger partial charge in [0.25, 0.3) is 0 Å². The van der Waals surface area contributed by atoms with Crippen LogP contribution in [0.2, 0.25) is 0 Å². The maximum Gasteiger partial charge on any atom is 0.125 e. The van der Waals surface area contributed by atoms with Crippen LogP contribution in [-0.4, -0.2) is 29.5 Å². The second-order valence-electron chi connectivity index (χ2n) is 5.24. The summed E-state index contributed by atoms with van der Waals surface area (Å²) < 4.78 is 7.74. The van der Waals surface area contributed by atoms with Crippen LogP contribution in [0.1, 0.15) is 18.9 Å². The van der Waals surface area contributed by atoms with E-state index < -0.39 is 0 Å². The molecule has 4 rings (SSSR count). The van der Waals surface area contributed by atoms with Crippen LogP contribution < -0.4 is 5.32 Å². The van der Waals surface area contributed by atoms with E-state index in [-0.39, 0.29) is 0 Å². The molecule has 2 atom stereocenters. The molecule has 0 saturated carbocycles. The fraction of sp³-hybridized carbons (Fsp3) is 0.500. The number of nitrogens with one attached hydrogen (secondary N) is 1. The molecule has 2 aliphatic heterocycles. The molecule has 0 bridgehead atoms. The second kappa shape index (κ2) is 4.65. The van der Waals surface area contributed by atoms with E-state index >= 15 is 0 Å².